The van der Waals surface area contributed by atoms with E-state index in [0.29, 0.717) is 11.6 Å². The molecule has 1 aromatic heterocycles. The number of aliphatic hydroxyl groups is 1. The third kappa shape index (κ3) is 4.50. The molecule has 1 aliphatic heterocycles. The van der Waals surface area contributed by atoms with Gasteiger partial charge in [0.05, 0.1) is 11.0 Å². The number of aliphatic hydroxyl groups excluding tert-OH is 1. The lowest BCUT2D eigenvalue weighted by Gasteiger charge is -2.33. The molecular formula is C22H26ClN3O3. The summed E-state index contributed by atoms with van der Waals surface area (Å²) in [6.45, 7) is 4.42. The SMILES string of the molecule is Cc1cc(Cl)ccc1OCC(O)CN1CCC(n2c(=O)[nH]c3ccccc32)CC1. The average molecular weight is 416 g/mol. The third-order valence-electron chi connectivity index (χ3n) is 5.58. The highest BCUT2D eigenvalue weighted by molar-refractivity contribution is 6.30. The summed E-state index contributed by atoms with van der Waals surface area (Å²) < 4.78 is 7.64. The lowest BCUT2D eigenvalue weighted by molar-refractivity contribution is 0.0557. The van der Waals surface area contributed by atoms with E-state index in [-0.39, 0.29) is 18.3 Å². The molecule has 1 saturated heterocycles. The minimum absolute atomic E-state index is 0.0450. The Kier molecular flexibility index (Phi) is 5.94. The van der Waals surface area contributed by atoms with Gasteiger partial charge >= 0.3 is 5.69 Å². The van der Waals surface area contributed by atoms with Crippen molar-refractivity contribution in [2.24, 2.45) is 0 Å². The first-order valence-corrected chi connectivity index (χ1v) is 10.4. The Morgan fingerprint density at radius 2 is 2.00 bits per heavy atom. The van der Waals surface area contributed by atoms with Crippen molar-refractivity contribution < 1.29 is 9.84 Å². The van der Waals surface area contributed by atoms with Gasteiger partial charge in [0.25, 0.3) is 0 Å². The number of nitrogens with zero attached hydrogens (tertiary/aromatic N) is 2. The number of hydrogen-bond donors (Lipinski definition) is 2. The number of fused-ring (bicyclic) bond motifs is 1. The van der Waals surface area contributed by atoms with Gasteiger partial charge in [0.1, 0.15) is 18.5 Å². The number of ether oxygens (including phenoxy) is 1. The first kappa shape index (κ1) is 20.0. The molecule has 2 aromatic carbocycles. The van der Waals surface area contributed by atoms with Gasteiger partial charge in [-0.1, -0.05) is 23.7 Å². The van der Waals surface area contributed by atoms with Crippen LogP contribution in [-0.4, -0.2) is 51.9 Å². The number of aryl methyl sites for hydroxylation is 1. The third-order valence-corrected chi connectivity index (χ3v) is 5.82. The fraction of sp³-hybridized carbons (Fsp3) is 0.409. The summed E-state index contributed by atoms with van der Waals surface area (Å²) in [5, 5.41) is 11.1. The quantitative estimate of drug-likeness (QED) is 0.647. The van der Waals surface area contributed by atoms with Crippen LogP contribution in [0.3, 0.4) is 0 Å². The predicted octanol–water partition coefficient (Wildman–Crippen LogP) is 3.37. The maximum Gasteiger partial charge on any atom is 0.326 e. The predicted molar refractivity (Wildman–Crippen MR) is 115 cm³/mol. The summed E-state index contributed by atoms with van der Waals surface area (Å²) in [5.74, 6) is 0.742. The van der Waals surface area contributed by atoms with Gasteiger partial charge < -0.3 is 19.7 Å². The lowest BCUT2D eigenvalue weighted by Crippen LogP contribution is -2.42. The molecule has 0 aliphatic carbocycles. The van der Waals surface area contributed by atoms with E-state index in [1.165, 1.54) is 0 Å². The Hall–Kier alpha value is -2.28. The Morgan fingerprint density at radius 3 is 2.76 bits per heavy atom. The topological polar surface area (TPSA) is 70.5 Å². The zero-order valence-corrected chi connectivity index (χ0v) is 17.2. The van der Waals surface area contributed by atoms with Crippen LogP contribution >= 0.6 is 11.6 Å². The molecule has 2 heterocycles. The lowest BCUT2D eigenvalue weighted by atomic mass is 10.0. The number of rotatable bonds is 6. The molecule has 0 amide bonds. The van der Waals surface area contributed by atoms with Crippen LogP contribution in [0.5, 0.6) is 5.75 Å². The molecule has 6 nitrogen and oxygen atoms in total. The minimum Gasteiger partial charge on any atom is -0.491 e. The summed E-state index contributed by atoms with van der Waals surface area (Å²) >= 11 is 5.96. The molecule has 0 bridgehead atoms. The fourth-order valence-electron chi connectivity index (χ4n) is 4.11. The van der Waals surface area contributed by atoms with Crippen LogP contribution in [0.1, 0.15) is 24.4 Å². The normalized spacial score (nSPS) is 16.9. The number of nitrogens with one attached hydrogen (secondary N) is 1. The summed E-state index contributed by atoms with van der Waals surface area (Å²) in [5.41, 5.74) is 2.75. The van der Waals surface area contributed by atoms with Crippen molar-refractivity contribution in [3.63, 3.8) is 0 Å². The van der Waals surface area contributed by atoms with Crippen LogP contribution in [-0.2, 0) is 0 Å². The van der Waals surface area contributed by atoms with Gasteiger partial charge in [-0.15, -0.1) is 0 Å². The van der Waals surface area contributed by atoms with Crippen LogP contribution in [0.4, 0.5) is 0 Å². The van der Waals surface area contributed by atoms with Gasteiger partial charge in [0.15, 0.2) is 0 Å². The van der Waals surface area contributed by atoms with Crippen molar-refractivity contribution in [2.75, 3.05) is 26.2 Å². The van der Waals surface area contributed by atoms with E-state index in [1.54, 1.807) is 6.07 Å². The van der Waals surface area contributed by atoms with E-state index in [4.69, 9.17) is 16.3 Å². The molecular weight excluding hydrogens is 390 g/mol. The Bertz CT molecular complexity index is 1040. The fourth-order valence-corrected chi connectivity index (χ4v) is 4.34. The second-order valence-electron chi connectivity index (χ2n) is 7.72. The molecule has 154 valence electrons. The number of aromatic nitrogens is 2. The zero-order valence-electron chi connectivity index (χ0n) is 16.5. The molecule has 0 saturated carbocycles. The molecule has 1 fully saturated rings. The monoisotopic (exact) mass is 415 g/mol. The van der Waals surface area contributed by atoms with Crippen molar-refractivity contribution in [1.82, 2.24) is 14.5 Å². The second-order valence-corrected chi connectivity index (χ2v) is 8.16. The van der Waals surface area contributed by atoms with E-state index < -0.39 is 6.10 Å². The van der Waals surface area contributed by atoms with Gasteiger partial charge in [-0.3, -0.25) is 4.57 Å². The van der Waals surface area contributed by atoms with Crippen molar-refractivity contribution >= 4 is 22.6 Å². The van der Waals surface area contributed by atoms with Crippen LogP contribution in [0.2, 0.25) is 5.02 Å². The molecule has 4 rings (SSSR count). The highest BCUT2D eigenvalue weighted by atomic mass is 35.5. The van der Waals surface area contributed by atoms with Gasteiger partial charge in [0.2, 0.25) is 0 Å². The van der Waals surface area contributed by atoms with Gasteiger partial charge in [-0.25, -0.2) is 4.79 Å². The number of benzene rings is 2. The molecule has 1 aliphatic rings. The van der Waals surface area contributed by atoms with Crippen LogP contribution in [0.15, 0.2) is 47.3 Å². The summed E-state index contributed by atoms with van der Waals surface area (Å²) in [7, 11) is 0. The van der Waals surface area contributed by atoms with E-state index in [2.05, 4.69) is 9.88 Å². The number of β-amino-alcohol motifs (C(OH)–C–C–N with tert-alkyl or cyclic N) is 1. The number of halogens is 1. The van der Waals surface area contributed by atoms with Gasteiger partial charge in [-0.05, 0) is 55.7 Å². The second kappa shape index (κ2) is 8.61. The standard InChI is InChI=1S/C22H26ClN3O3/c1-15-12-16(23)6-7-21(15)29-14-18(27)13-25-10-8-17(9-11-25)26-20-5-3-2-4-19(20)24-22(26)28/h2-7,12,17-18,27H,8-11,13-14H2,1H3,(H,24,28). The summed E-state index contributed by atoms with van der Waals surface area (Å²) in [6.07, 6.45) is 1.19. The van der Waals surface area contributed by atoms with Crippen LogP contribution in [0.25, 0.3) is 11.0 Å². The van der Waals surface area contributed by atoms with E-state index in [0.717, 1.165) is 48.3 Å². The number of imidazole rings is 1. The van der Waals surface area contributed by atoms with Gasteiger partial charge in [-0.2, -0.15) is 0 Å². The number of likely N-dealkylation sites (tertiary alicyclic amines) is 1. The average Bonchev–Trinajstić information content (AvgIpc) is 3.04. The summed E-state index contributed by atoms with van der Waals surface area (Å²) in [6, 6.07) is 13.4. The highest BCUT2D eigenvalue weighted by Gasteiger charge is 2.24. The summed E-state index contributed by atoms with van der Waals surface area (Å²) in [4.78, 5) is 17.6. The molecule has 1 atom stereocenters. The Morgan fingerprint density at radius 1 is 1.24 bits per heavy atom. The number of hydrogen-bond acceptors (Lipinski definition) is 4. The number of para-hydroxylation sites is 2. The van der Waals surface area contributed by atoms with E-state index in [9.17, 15) is 9.90 Å². The van der Waals surface area contributed by atoms with Crippen molar-refractivity contribution in [1.29, 1.82) is 0 Å². The maximum atomic E-state index is 12.4. The Labute approximate surface area is 174 Å². The molecule has 0 spiro atoms. The Balaban J connectivity index is 1.30. The smallest absolute Gasteiger partial charge is 0.326 e. The minimum atomic E-state index is -0.572. The molecule has 2 N–H and O–H groups in total. The zero-order chi connectivity index (χ0) is 20.4. The molecule has 7 heteroatoms. The molecule has 0 radical (unpaired) electrons. The van der Waals surface area contributed by atoms with Crippen LogP contribution < -0.4 is 10.4 Å². The number of aromatic amines is 1. The van der Waals surface area contributed by atoms with Gasteiger partial charge in [0, 0.05) is 30.7 Å². The van der Waals surface area contributed by atoms with E-state index in [1.807, 2.05) is 47.9 Å². The van der Waals surface area contributed by atoms with E-state index >= 15 is 0 Å². The largest absolute Gasteiger partial charge is 0.491 e. The first-order valence-electron chi connectivity index (χ1n) is 10.00. The molecule has 3 aromatic rings. The van der Waals surface area contributed by atoms with Crippen molar-refractivity contribution in [3.8, 4) is 5.75 Å². The van der Waals surface area contributed by atoms with Crippen molar-refractivity contribution in [2.45, 2.75) is 31.9 Å². The first-order chi connectivity index (χ1) is 14.0. The number of piperidine rings is 1. The number of H-pyrrole nitrogens is 1. The molecule has 1 unspecified atom stereocenters. The van der Waals surface area contributed by atoms with Crippen LogP contribution in [0, 0.1) is 6.92 Å². The molecule has 29 heavy (non-hydrogen) atoms. The highest BCUT2D eigenvalue weighted by Crippen LogP contribution is 2.25. The maximum absolute atomic E-state index is 12.4. The van der Waals surface area contributed by atoms with Crippen molar-refractivity contribution in [3.05, 3.63) is 63.5 Å².